The number of benzene rings is 1. The number of nitrogens with one attached hydrogen (secondary N) is 1. The van der Waals surface area contributed by atoms with E-state index < -0.39 is 0 Å². The summed E-state index contributed by atoms with van der Waals surface area (Å²) in [5, 5.41) is 3.28. The summed E-state index contributed by atoms with van der Waals surface area (Å²) < 4.78 is 10.3. The van der Waals surface area contributed by atoms with Crippen LogP contribution >= 0.6 is 0 Å². The molecular formula is C15H23NO3. The minimum atomic E-state index is -0.164. The van der Waals surface area contributed by atoms with E-state index in [9.17, 15) is 4.79 Å². The number of likely N-dealkylation sites (N-methyl/N-ethyl adjacent to an activating group) is 1. The Morgan fingerprint density at radius 2 is 2.05 bits per heavy atom. The fraction of sp³-hybridized carbons (Fsp3) is 0.533. The molecule has 4 heteroatoms. The van der Waals surface area contributed by atoms with Crippen molar-refractivity contribution in [3.63, 3.8) is 0 Å². The highest BCUT2D eigenvalue weighted by Crippen LogP contribution is 2.04. The van der Waals surface area contributed by atoms with Crippen LogP contribution in [-0.4, -0.2) is 32.3 Å². The Kier molecular flexibility index (Phi) is 7.86. The highest BCUT2D eigenvalue weighted by molar-refractivity contribution is 5.69. The first kappa shape index (κ1) is 15.7. The van der Waals surface area contributed by atoms with Gasteiger partial charge < -0.3 is 14.8 Å². The second kappa shape index (κ2) is 9.53. The molecule has 0 saturated heterocycles. The topological polar surface area (TPSA) is 47.6 Å². The molecule has 0 saturated carbocycles. The molecule has 0 spiro atoms. The quantitative estimate of drug-likeness (QED) is 0.695. The van der Waals surface area contributed by atoms with Gasteiger partial charge in [-0.3, -0.25) is 4.79 Å². The van der Waals surface area contributed by atoms with Crippen molar-refractivity contribution in [1.29, 1.82) is 0 Å². The van der Waals surface area contributed by atoms with Gasteiger partial charge in [0, 0.05) is 19.6 Å². The van der Waals surface area contributed by atoms with Gasteiger partial charge in [0.2, 0.25) is 0 Å². The van der Waals surface area contributed by atoms with E-state index in [2.05, 4.69) is 5.32 Å². The number of carbonyl (C=O) groups is 1. The maximum absolute atomic E-state index is 11.6. The Balaban J connectivity index is 2.23. The van der Waals surface area contributed by atoms with Gasteiger partial charge in [-0.05, 0) is 18.5 Å². The highest BCUT2D eigenvalue weighted by Gasteiger charge is 2.10. The molecule has 0 aliphatic carbocycles. The Bertz CT molecular complexity index is 348. The van der Waals surface area contributed by atoms with Crippen LogP contribution in [0.3, 0.4) is 0 Å². The molecule has 0 aliphatic heterocycles. The second-order valence-electron chi connectivity index (χ2n) is 4.39. The van der Waals surface area contributed by atoms with E-state index >= 15 is 0 Å². The molecule has 0 bridgehead atoms. The summed E-state index contributed by atoms with van der Waals surface area (Å²) in [5.74, 6) is -0.164. The van der Waals surface area contributed by atoms with Gasteiger partial charge in [-0.1, -0.05) is 37.3 Å². The number of ether oxygens (including phenoxy) is 2. The van der Waals surface area contributed by atoms with Gasteiger partial charge in [0.15, 0.2) is 0 Å². The van der Waals surface area contributed by atoms with Crippen LogP contribution < -0.4 is 5.32 Å². The van der Waals surface area contributed by atoms with E-state index in [0.717, 1.165) is 18.5 Å². The van der Waals surface area contributed by atoms with Crippen LogP contribution in [0, 0.1) is 0 Å². The predicted molar refractivity (Wildman–Crippen MR) is 74.8 cm³/mol. The first-order chi connectivity index (χ1) is 9.26. The lowest BCUT2D eigenvalue weighted by molar-refractivity contribution is -0.145. The first-order valence-electron chi connectivity index (χ1n) is 6.68. The average molecular weight is 265 g/mol. The monoisotopic (exact) mass is 265 g/mol. The van der Waals surface area contributed by atoms with Gasteiger partial charge in [-0.15, -0.1) is 0 Å². The third-order valence-corrected chi connectivity index (χ3v) is 2.80. The van der Waals surface area contributed by atoms with Gasteiger partial charge >= 0.3 is 5.97 Å². The molecule has 1 aromatic carbocycles. The molecule has 0 radical (unpaired) electrons. The van der Waals surface area contributed by atoms with Gasteiger partial charge in [-0.25, -0.2) is 0 Å². The third-order valence-electron chi connectivity index (χ3n) is 2.80. The molecule has 1 rings (SSSR count). The van der Waals surface area contributed by atoms with Crippen molar-refractivity contribution in [2.24, 2.45) is 0 Å². The zero-order valence-corrected chi connectivity index (χ0v) is 11.7. The number of carbonyl (C=O) groups excluding carboxylic acids is 1. The number of hydrogen-bond acceptors (Lipinski definition) is 4. The number of hydrogen-bond donors (Lipinski definition) is 1. The van der Waals surface area contributed by atoms with Crippen LogP contribution in [0.5, 0.6) is 0 Å². The Labute approximate surface area is 115 Å². The SMILES string of the molecule is CCN[C@@H](CCC(=O)OCc1ccccc1)COC. The molecule has 0 amide bonds. The van der Waals surface area contributed by atoms with Gasteiger partial charge in [0.1, 0.15) is 6.61 Å². The van der Waals surface area contributed by atoms with Gasteiger partial charge in [-0.2, -0.15) is 0 Å². The summed E-state index contributed by atoms with van der Waals surface area (Å²) in [6.45, 7) is 3.86. The van der Waals surface area contributed by atoms with Crippen LogP contribution in [0.15, 0.2) is 30.3 Å². The third kappa shape index (κ3) is 6.94. The van der Waals surface area contributed by atoms with Crippen molar-refractivity contribution in [1.82, 2.24) is 5.32 Å². The van der Waals surface area contributed by atoms with E-state index in [1.165, 1.54) is 0 Å². The standard InChI is InChI=1S/C15H23NO3/c1-3-16-14(12-18-2)9-10-15(17)19-11-13-7-5-4-6-8-13/h4-8,14,16H,3,9-12H2,1-2H3/t14-/m0/s1. The Morgan fingerprint density at radius 3 is 2.68 bits per heavy atom. The summed E-state index contributed by atoms with van der Waals surface area (Å²) in [4.78, 5) is 11.6. The van der Waals surface area contributed by atoms with Crippen molar-refractivity contribution >= 4 is 5.97 Å². The molecule has 1 N–H and O–H groups in total. The second-order valence-corrected chi connectivity index (χ2v) is 4.39. The van der Waals surface area contributed by atoms with Crippen molar-refractivity contribution in [3.05, 3.63) is 35.9 Å². The van der Waals surface area contributed by atoms with Crippen LogP contribution in [0.2, 0.25) is 0 Å². The lowest BCUT2D eigenvalue weighted by atomic mass is 10.1. The lowest BCUT2D eigenvalue weighted by Crippen LogP contribution is -2.33. The van der Waals surface area contributed by atoms with Crippen molar-refractivity contribution in [2.75, 3.05) is 20.3 Å². The smallest absolute Gasteiger partial charge is 0.306 e. The zero-order valence-electron chi connectivity index (χ0n) is 11.7. The van der Waals surface area contributed by atoms with Crippen LogP contribution in [-0.2, 0) is 20.9 Å². The molecule has 0 fully saturated rings. The van der Waals surface area contributed by atoms with Crippen molar-refractivity contribution < 1.29 is 14.3 Å². The normalized spacial score (nSPS) is 12.1. The minimum Gasteiger partial charge on any atom is -0.461 e. The molecule has 1 aromatic rings. The Morgan fingerprint density at radius 1 is 1.32 bits per heavy atom. The minimum absolute atomic E-state index is 0.164. The zero-order chi connectivity index (χ0) is 13.9. The fourth-order valence-electron chi connectivity index (χ4n) is 1.84. The summed E-state index contributed by atoms with van der Waals surface area (Å²) in [6, 6.07) is 9.90. The molecule has 0 aliphatic rings. The van der Waals surface area contributed by atoms with Crippen LogP contribution in [0.4, 0.5) is 0 Å². The van der Waals surface area contributed by atoms with Crippen molar-refractivity contribution in [3.8, 4) is 0 Å². The first-order valence-corrected chi connectivity index (χ1v) is 6.68. The average Bonchev–Trinajstić information content (AvgIpc) is 2.44. The van der Waals surface area contributed by atoms with Gasteiger partial charge in [0.25, 0.3) is 0 Å². The van der Waals surface area contributed by atoms with E-state index in [4.69, 9.17) is 9.47 Å². The molecule has 0 unspecified atom stereocenters. The number of methoxy groups -OCH3 is 1. The van der Waals surface area contributed by atoms with E-state index in [0.29, 0.717) is 19.6 Å². The van der Waals surface area contributed by atoms with E-state index in [1.54, 1.807) is 7.11 Å². The summed E-state index contributed by atoms with van der Waals surface area (Å²) in [6.07, 6.45) is 1.14. The molecule has 0 heterocycles. The van der Waals surface area contributed by atoms with E-state index in [1.807, 2.05) is 37.3 Å². The molecular weight excluding hydrogens is 242 g/mol. The number of esters is 1. The fourth-order valence-corrected chi connectivity index (χ4v) is 1.84. The number of rotatable bonds is 9. The molecule has 19 heavy (non-hydrogen) atoms. The predicted octanol–water partition coefficient (Wildman–Crippen LogP) is 2.13. The van der Waals surface area contributed by atoms with Crippen LogP contribution in [0.1, 0.15) is 25.3 Å². The summed E-state index contributed by atoms with van der Waals surface area (Å²) in [7, 11) is 1.66. The lowest BCUT2D eigenvalue weighted by Gasteiger charge is -2.16. The molecule has 1 atom stereocenters. The maximum atomic E-state index is 11.6. The van der Waals surface area contributed by atoms with Crippen LogP contribution in [0.25, 0.3) is 0 Å². The van der Waals surface area contributed by atoms with Gasteiger partial charge in [0.05, 0.1) is 6.61 Å². The molecule has 4 nitrogen and oxygen atoms in total. The van der Waals surface area contributed by atoms with E-state index in [-0.39, 0.29) is 12.0 Å². The highest BCUT2D eigenvalue weighted by atomic mass is 16.5. The maximum Gasteiger partial charge on any atom is 0.306 e. The Hall–Kier alpha value is -1.39. The molecule has 0 aromatic heterocycles. The summed E-state index contributed by atoms with van der Waals surface area (Å²) in [5.41, 5.74) is 1.01. The largest absolute Gasteiger partial charge is 0.461 e. The summed E-state index contributed by atoms with van der Waals surface area (Å²) >= 11 is 0. The molecule has 106 valence electrons. The van der Waals surface area contributed by atoms with Crippen molar-refractivity contribution in [2.45, 2.75) is 32.4 Å².